The predicted octanol–water partition coefficient (Wildman–Crippen LogP) is 4.77. The highest BCUT2D eigenvalue weighted by atomic mass is 35.5. The molecule has 7 heteroatoms. The summed E-state index contributed by atoms with van der Waals surface area (Å²) < 4.78 is 39.3. The van der Waals surface area contributed by atoms with Crippen LogP contribution >= 0.6 is 11.6 Å². The molecule has 2 N–H and O–H groups in total. The van der Waals surface area contributed by atoms with Crippen LogP contribution in [0.2, 0.25) is 5.02 Å². The second-order valence-electron chi connectivity index (χ2n) is 5.30. The first kappa shape index (κ1) is 17.2. The summed E-state index contributed by atoms with van der Waals surface area (Å²) in [6, 6.07) is 12.8. The Morgan fingerprint density at radius 2 is 1.76 bits per heavy atom. The lowest BCUT2D eigenvalue weighted by Crippen LogP contribution is -2.19. The molecule has 1 heterocycles. The molecule has 3 rings (SSSR count). The van der Waals surface area contributed by atoms with E-state index in [-0.39, 0.29) is 39.2 Å². The summed E-state index contributed by atoms with van der Waals surface area (Å²) in [5.74, 6) is -0.984. The normalized spacial score (nSPS) is 11.7. The molecular weight excluding hydrogens is 353 g/mol. The quantitative estimate of drug-likeness (QED) is 0.728. The Morgan fingerprint density at radius 3 is 2.36 bits per heavy atom. The van der Waals surface area contributed by atoms with Crippen LogP contribution in [0.25, 0.3) is 22.2 Å². The highest BCUT2D eigenvalue weighted by Gasteiger charge is 2.34. The van der Waals surface area contributed by atoms with E-state index in [1.807, 2.05) is 0 Å². The summed E-state index contributed by atoms with van der Waals surface area (Å²) in [4.78, 5) is 16.3. The number of halogens is 4. The molecule has 0 bridgehead atoms. The van der Waals surface area contributed by atoms with E-state index in [2.05, 4.69) is 4.98 Å². The van der Waals surface area contributed by atoms with Crippen LogP contribution in [-0.2, 0) is 0 Å². The maximum atomic E-state index is 13.1. The van der Waals surface area contributed by atoms with Crippen LogP contribution in [0.4, 0.5) is 13.2 Å². The van der Waals surface area contributed by atoms with E-state index in [1.54, 1.807) is 36.4 Å². The molecule has 0 saturated carbocycles. The number of carbonyl (C=O) groups excluding carboxylic acids is 1. The van der Waals surface area contributed by atoms with Gasteiger partial charge in [-0.25, -0.2) is 4.98 Å². The van der Waals surface area contributed by atoms with Gasteiger partial charge in [-0.15, -0.1) is 0 Å². The first-order chi connectivity index (χ1) is 11.8. The standard InChI is InChI=1S/C18H11ClF3N2O/c19-13-8-4-7-11-14(17(23)25)12(9-18(20,21)22)15(24-16(11)13)10-5-2-1-3-6-10/h1-9H,(H2,23,25). The molecule has 25 heavy (non-hydrogen) atoms. The average molecular weight is 364 g/mol. The Labute approximate surface area is 146 Å². The summed E-state index contributed by atoms with van der Waals surface area (Å²) in [5, 5.41) is 0.394. The van der Waals surface area contributed by atoms with Gasteiger partial charge in [0.15, 0.2) is 0 Å². The zero-order chi connectivity index (χ0) is 18.2. The summed E-state index contributed by atoms with van der Waals surface area (Å²) in [6.07, 6.45) is -4.61. The number of rotatable bonds is 3. The molecule has 0 spiro atoms. The van der Waals surface area contributed by atoms with Crippen LogP contribution in [0.3, 0.4) is 0 Å². The van der Waals surface area contributed by atoms with Crippen molar-refractivity contribution in [2.75, 3.05) is 0 Å². The number of hydrogen-bond donors (Lipinski definition) is 1. The van der Waals surface area contributed by atoms with E-state index >= 15 is 0 Å². The number of alkyl halides is 3. The van der Waals surface area contributed by atoms with Crippen molar-refractivity contribution in [2.45, 2.75) is 6.18 Å². The number of hydrogen-bond acceptors (Lipinski definition) is 2. The van der Waals surface area contributed by atoms with Gasteiger partial charge in [-0.2, -0.15) is 13.2 Å². The minimum absolute atomic E-state index is 0.00711. The van der Waals surface area contributed by atoms with Crippen LogP contribution < -0.4 is 5.73 Å². The third-order valence-corrected chi connectivity index (χ3v) is 3.91. The summed E-state index contributed by atoms with van der Waals surface area (Å²) >= 11 is 6.13. The van der Waals surface area contributed by atoms with Gasteiger partial charge in [0, 0.05) is 16.5 Å². The molecule has 0 aliphatic carbocycles. The van der Waals surface area contributed by atoms with Gasteiger partial charge >= 0.3 is 6.18 Å². The summed E-state index contributed by atoms with van der Waals surface area (Å²) in [6.45, 7) is 0. The molecule has 1 aromatic heterocycles. The number of para-hydroxylation sites is 1. The molecule has 0 unspecified atom stereocenters. The second kappa shape index (κ2) is 6.37. The topological polar surface area (TPSA) is 56.0 Å². The Bertz CT molecular complexity index is 956. The average Bonchev–Trinajstić information content (AvgIpc) is 2.53. The number of pyridine rings is 1. The van der Waals surface area contributed by atoms with Gasteiger partial charge in [-0.3, -0.25) is 4.79 Å². The molecule has 3 nitrogen and oxygen atoms in total. The molecule has 1 radical (unpaired) electrons. The fourth-order valence-electron chi connectivity index (χ4n) is 2.65. The predicted molar refractivity (Wildman–Crippen MR) is 90.2 cm³/mol. The van der Waals surface area contributed by atoms with Crippen molar-refractivity contribution in [3.05, 3.63) is 71.1 Å². The first-order valence-corrected chi connectivity index (χ1v) is 7.56. The van der Waals surface area contributed by atoms with Crippen LogP contribution in [0.15, 0.2) is 48.5 Å². The van der Waals surface area contributed by atoms with Gasteiger partial charge in [-0.1, -0.05) is 54.1 Å². The number of carbonyl (C=O) groups is 1. The molecule has 127 valence electrons. The largest absolute Gasteiger partial charge is 0.396 e. The fraction of sp³-hybridized carbons (Fsp3) is 0.0556. The Balaban J connectivity index is 2.45. The highest BCUT2D eigenvalue weighted by molar-refractivity contribution is 6.35. The zero-order valence-electron chi connectivity index (χ0n) is 12.6. The SMILES string of the molecule is NC(=O)c1c([CH]C(F)(F)F)c(-c2ccccc2)nc2c(Cl)cccc12. The Morgan fingerprint density at radius 1 is 1.08 bits per heavy atom. The van der Waals surface area contributed by atoms with E-state index in [4.69, 9.17) is 17.3 Å². The number of nitrogens with zero attached hydrogens (tertiary/aromatic N) is 1. The lowest BCUT2D eigenvalue weighted by molar-refractivity contribution is -0.0927. The molecule has 0 aliphatic rings. The molecule has 1 amide bonds. The van der Waals surface area contributed by atoms with Gasteiger partial charge in [0.25, 0.3) is 0 Å². The monoisotopic (exact) mass is 363 g/mol. The first-order valence-electron chi connectivity index (χ1n) is 7.18. The van der Waals surface area contributed by atoms with Gasteiger partial charge in [0.2, 0.25) is 5.91 Å². The number of aromatic nitrogens is 1. The van der Waals surface area contributed by atoms with Crippen LogP contribution in [0, 0.1) is 6.42 Å². The van der Waals surface area contributed by atoms with Crippen molar-refractivity contribution >= 4 is 28.4 Å². The Kier molecular flexibility index (Phi) is 4.39. The molecule has 0 aliphatic heterocycles. The van der Waals surface area contributed by atoms with Gasteiger partial charge in [0.05, 0.1) is 28.2 Å². The maximum Gasteiger partial charge on any atom is 0.396 e. The smallest absolute Gasteiger partial charge is 0.366 e. The van der Waals surface area contributed by atoms with Crippen LogP contribution in [0.5, 0.6) is 0 Å². The van der Waals surface area contributed by atoms with Crippen molar-refractivity contribution in [1.29, 1.82) is 0 Å². The number of fused-ring (bicyclic) bond motifs is 1. The number of nitrogens with two attached hydrogens (primary N) is 1. The van der Waals surface area contributed by atoms with E-state index < -0.39 is 12.1 Å². The highest BCUT2D eigenvalue weighted by Crippen LogP contribution is 2.37. The zero-order valence-corrected chi connectivity index (χ0v) is 13.4. The summed E-state index contributed by atoms with van der Waals surface area (Å²) in [5.41, 5.74) is 5.40. The minimum atomic E-state index is -4.65. The van der Waals surface area contributed by atoms with E-state index in [0.717, 1.165) is 0 Å². The minimum Gasteiger partial charge on any atom is -0.366 e. The molecule has 2 aromatic carbocycles. The van der Waals surface area contributed by atoms with E-state index in [9.17, 15) is 18.0 Å². The number of amides is 1. The molecule has 3 aromatic rings. The van der Waals surface area contributed by atoms with Crippen LogP contribution in [0.1, 0.15) is 15.9 Å². The summed E-state index contributed by atoms with van der Waals surface area (Å²) in [7, 11) is 0. The maximum absolute atomic E-state index is 13.1. The van der Waals surface area contributed by atoms with Gasteiger partial charge in [0.1, 0.15) is 0 Å². The van der Waals surface area contributed by atoms with E-state index in [1.165, 1.54) is 12.1 Å². The number of benzene rings is 2. The van der Waals surface area contributed by atoms with Crippen molar-refractivity contribution in [3.8, 4) is 11.3 Å². The van der Waals surface area contributed by atoms with Gasteiger partial charge < -0.3 is 5.73 Å². The third-order valence-electron chi connectivity index (χ3n) is 3.61. The lowest BCUT2D eigenvalue weighted by Gasteiger charge is -2.17. The van der Waals surface area contributed by atoms with Crippen molar-refractivity contribution in [3.63, 3.8) is 0 Å². The van der Waals surface area contributed by atoms with Gasteiger partial charge in [-0.05, 0) is 6.07 Å². The number of primary amides is 1. The van der Waals surface area contributed by atoms with Crippen molar-refractivity contribution in [1.82, 2.24) is 4.98 Å². The van der Waals surface area contributed by atoms with E-state index in [0.29, 0.717) is 5.56 Å². The fourth-order valence-corrected chi connectivity index (χ4v) is 2.87. The molecule has 0 saturated heterocycles. The lowest BCUT2D eigenvalue weighted by atomic mass is 9.94. The Hall–Kier alpha value is -2.60. The van der Waals surface area contributed by atoms with Crippen LogP contribution in [-0.4, -0.2) is 17.1 Å². The van der Waals surface area contributed by atoms with Crippen molar-refractivity contribution in [2.24, 2.45) is 5.73 Å². The molecule has 0 atom stereocenters. The third kappa shape index (κ3) is 3.44. The molecule has 0 fully saturated rings. The van der Waals surface area contributed by atoms with Crippen molar-refractivity contribution < 1.29 is 18.0 Å². The second-order valence-corrected chi connectivity index (χ2v) is 5.71. The molecular formula is C18H11ClF3N2O.